The van der Waals surface area contributed by atoms with Crippen LogP contribution in [0.2, 0.25) is 0 Å². The molecule has 0 saturated carbocycles. The summed E-state index contributed by atoms with van der Waals surface area (Å²) in [4.78, 5) is 0. The van der Waals surface area contributed by atoms with Crippen LogP contribution in [0.1, 0.15) is 0 Å². The SMILES string of the molecule is OCC1OC(OCC2O[C@@H](O[C@@H]3C(CO[C@@H]4OC(CO)[C@H](O)[C@H](O)C4O)O[C@@H](O)[C@H](O)[C@H]3O)[C@@H](O)[C@@H](O)[C@@H]2O)[C@H](O)C(O)[C@H]1O. The van der Waals surface area contributed by atoms with Gasteiger partial charge in [0.2, 0.25) is 0 Å². The zero-order valence-corrected chi connectivity index (χ0v) is 23.5. The van der Waals surface area contributed by atoms with E-state index in [1.165, 1.54) is 0 Å². The molecule has 0 aromatic heterocycles. The Hall–Kier alpha value is -0.840. The van der Waals surface area contributed by atoms with Crippen molar-refractivity contribution in [1.82, 2.24) is 0 Å². The van der Waals surface area contributed by atoms with Crippen molar-refractivity contribution in [2.24, 2.45) is 0 Å². The van der Waals surface area contributed by atoms with Gasteiger partial charge in [-0.3, -0.25) is 0 Å². The lowest BCUT2D eigenvalue weighted by Crippen LogP contribution is -2.65. The maximum absolute atomic E-state index is 10.7. The van der Waals surface area contributed by atoms with Crippen molar-refractivity contribution >= 4 is 0 Å². The maximum Gasteiger partial charge on any atom is 0.187 e. The predicted molar refractivity (Wildman–Crippen MR) is 134 cm³/mol. The Balaban J connectivity index is 1.43. The number of hydrogen-bond acceptors (Lipinski definition) is 21. The van der Waals surface area contributed by atoms with E-state index in [-0.39, 0.29) is 0 Å². The highest BCUT2D eigenvalue weighted by atomic mass is 16.8. The van der Waals surface area contributed by atoms with Crippen molar-refractivity contribution in [3.05, 3.63) is 0 Å². The molecule has 45 heavy (non-hydrogen) atoms. The molecule has 0 aromatic carbocycles. The molecule has 4 aliphatic heterocycles. The van der Waals surface area contributed by atoms with E-state index in [1.807, 2.05) is 0 Å². The fourth-order valence-electron chi connectivity index (χ4n) is 5.33. The summed E-state index contributed by atoms with van der Waals surface area (Å²) in [5.41, 5.74) is 0. The standard InChI is InChI=1S/C24H42O21/c25-1-5-9(27)12(30)17(35)22(42-5)39-3-7-11(29)14(32)19(37)24(44-7)45-20-8(41-21(38)16(34)15(20)33)4-40-23-18(36)13(31)10(28)6(2-26)43-23/h5-38H,1-4H2/t5?,6?,7?,8?,9-,10-,11+,12?,13-,14-,15+,16+,17+,18?,19-,20+,21+,22?,23+,24-/m0/s1. The number of aliphatic hydroxyl groups excluding tert-OH is 14. The van der Waals surface area contributed by atoms with Crippen LogP contribution < -0.4 is 0 Å². The minimum Gasteiger partial charge on any atom is -0.394 e. The van der Waals surface area contributed by atoms with Crippen molar-refractivity contribution in [2.75, 3.05) is 26.4 Å². The maximum atomic E-state index is 10.7. The van der Waals surface area contributed by atoms with Gasteiger partial charge in [-0.25, -0.2) is 0 Å². The third-order valence-corrected chi connectivity index (χ3v) is 8.17. The van der Waals surface area contributed by atoms with E-state index in [9.17, 15) is 71.5 Å². The summed E-state index contributed by atoms with van der Waals surface area (Å²) in [6.45, 7) is -2.90. The van der Waals surface area contributed by atoms with Crippen molar-refractivity contribution < 1.29 is 105 Å². The quantitative estimate of drug-likeness (QED) is 0.103. The van der Waals surface area contributed by atoms with E-state index in [4.69, 9.17) is 33.2 Å². The zero-order valence-electron chi connectivity index (χ0n) is 23.5. The molecule has 0 radical (unpaired) electrons. The fourth-order valence-corrected chi connectivity index (χ4v) is 5.33. The molecule has 0 aliphatic carbocycles. The highest BCUT2D eigenvalue weighted by molar-refractivity contribution is 4.95. The van der Waals surface area contributed by atoms with E-state index in [1.54, 1.807) is 0 Å². The van der Waals surface area contributed by atoms with E-state index < -0.39 is 149 Å². The largest absolute Gasteiger partial charge is 0.394 e. The Labute approximate surface area is 254 Å². The van der Waals surface area contributed by atoms with Gasteiger partial charge in [0.25, 0.3) is 0 Å². The van der Waals surface area contributed by atoms with Gasteiger partial charge in [-0.15, -0.1) is 0 Å². The summed E-state index contributed by atoms with van der Waals surface area (Å²) in [5, 5.41) is 141. The molecule has 20 atom stereocenters. The van der Waals surface area contributed by atoms with Crippen molar-refractivity contribution in [3.8, 4) is 0 Å². The Kier molecular flexibility index (Phi) is 12.8. The first-order valence-electron chi connectivity index (χ1n) is 14.1. The van der Waals surface area contributed by atoms with Gasteiger partial charge in [0, 0.05) is 0 Å². The second-order valence-electron chi connectivity index (χ2n) is 11.2. The second kappa shape index (κ2) is 15.6. The van der Waals surface area contributed by atoms with Crippen LogP contribution in [-0.4, -0.2) is 221 Å². The first-order chi connectivity index (χ1) is 21.2. The Morgan fingerprint density at radius 3 is 1.24 bits per heavy atom. The van der Waals surface area contributed by atoms with E-state index in [0.29, 0.717) is 0 Å². The molecule has 4 aliphatic rings. The molecule has 7 unspecified atom stereocenters. The Morgan fingerprint density at radius 1 is 0.378 bits per heavy atom. The molecule has 4 rings (SSSR count). The Morgan fingerprint density at radius 2 is 0.778 bits per heavy atom. The van der Waals surface area contributed by atoms with E-state index >= 15 is 0 Å². The van der Waals surface area contributed by atoms with Crippen molar-refractivity contribution in [1.29, 1.82) is 0 Å². The minimum atomic E-state index is -1.99. The lowest BCUT2D eigenvalue weighted by molar-refractivity contribution is -0.368. The molecule has 0 spiro atoms. The molecule has 14 N–H and O–H groups in total. The molecule has 21 heteroatoms. The summed E-state index contributed by atoms with van der Waals surface area (Å²) < 4.78 is 37.6. The van der Waals surface area contributed by atoms with Crippen molar-refractivity contribution in [3.63, 3.8) is 0 Å². The van der Waals surface area contributed by atoms with Gasteiger partial charge in [0.15, 0.2) is 25.2 Å². The van der Waals surface area contributed by atoms with Crippen LogP contribution in [0.3, 0.4) is 0 Å². The summed E-state index contributed by atoms with van der Waals surface area (Å²) in [6.07, 6.45) is -34.9. The molecular formula is C24H42O21. The van der Waals surface area contributed by atoms with Crippen molar-refractivity contribution in [2.45, 2.75) is 123 Å². The second-order valence-corrected chi connectivity index (χ2v) is 11.2. The molecular weight excluding hydrogens is 624 g/mol. The summed E-state index contributed by atoms with van der Waals surface area (Å²) in [6, 6.07) is 0. The highest BCUT2D eigenvalue weighted by Crippen LogP contribution is 2.31. The normalized spacial score (nSPS) is 52.9. The molecule has 264 valence electrons. The lowest BCUT2D eigenvalue weighted by Gasteiger charge is -2.46. The lowest BCUT2D eigenvalue weighted by atomic mass is 9.96. The number of aliphatic hydroxyl groups is 14. The third kappa shape index (κ3) is 7.75. The number of ether oxygens (including phenoxy) is 7. The zero-order chi connectivity index (χ0) is 33.3. The van der Waals surface area contributed by atoms with Gasteiger partial charge in [-0.2, -0.15) is 0 Å². The summed E-state index contributed by atoms with van der Waals surface area (Å²) in [7, 11) is 0. The van der Waals surface area contributed by atoms with Gasteiger partial charge in [0.05, 0.1) is 26.4 Å². The smallest absolute Gasteiger partial charge is 0.187 e. The van der Waals surface area contributed by atoms with Crippen LogP contribution in [0.5, 0.6) is 0 Å². The van der Waals surface area contributed by atoms with E-state index in [0.717, 1.165) is 0 Å². The molecule has 0 aromatic rings. The van der Waals surface area contributed by atoms with Gasteiger partial charge in [0.1, 0.15) is 97.7 Å². The molecule has 21 nitrogen and oxygen atoms in total. The average Bonchev–Trinajstić information content (AvgIpc) is 3.02. The van der Waals surface area contributed by atoms with Crippen LogP contribution in [0.4, 0.5) is 0 Å². The van der Waals surface area contributed by atoms with Gasteiger partial charge in [-0.05, 0) is 0 Å². The summed E-state index contributed by atoms with van der Waals surface area (Å²) >= 11 is 0. The topological polar surface area (TPSA) is 348 Å². The number of hydrogen-bond donors (Lipinski definition) is 14. The molecule has 0 amide bonds. The molecule has 4 saturated heterocycles. The highest BCUT2D eigenvalue weighted by Gasteiger charge is 2.52. The minimum absolute atomic E-state index is 0.692. The monoisotopic (exact) mass is 666 g/mol. The van der Waals surface area contributed by atoms with Crippen LogP contribution in [-0.2, 0) is 33.2 Å². The average molecular weight is 667 g/mol. The van der Waals surface area contributed by atoms with Crippen LogP contribution in [0.15, 0.2) is 0 Å². The van der Waals surface area contributed by atoms with Crippen LogP contribution >= 0.6 is 0 Å². The van der Waals surface area contributed by atoms with Gasteiger partial charge < -0.3 is 105 Å². The van der Waals surface area contributed by atoms with Crippen LogP contribution in [0, 0.1) is 0 Å². The van der Waals surface area contributed by atoms with Crippen LogP contribution in [0.25, 0.3) is 0 Å². The van der Waals surface area contributed by atoms with Gasteiger partial charge in [-0.1, -0.05) is 0 Å². The molecule has 4 heterocycles. The number of rotatable bonds is 10. The van der Waals surface area contributed by atoms with Gasteiger partial charge >= 0.3 is 0 Å². The fraction of sp³-hybridized carbons (Fsp3) is 1.00. The predicted octanol–water partition coefficient (Wildman–Crippen LogP) is -9.75. The first-order valence-corrected chi connectivity index (χ1v) is 14.1. The third-order valence-electron chi connectivity index (χ3n) is 8.17. The molecule has 0 bridgehead atoms. The Bertz CT molecular complexity index is 914. The first kappa shape index (κ1) is 37.0. The molecule has 4 fully saturated rings. The van der Waals surface area contributed by atoms with E-state index in [2.05, 4.69) is 0 Å². The summed E-state index contributed by atoms with van der Waals surface area (Å²) in [5.74, 6) is 0.